The fraction of sp³-hybridized carbons (Fsp3) is 0.406. The molecule has 2 atom stereocenters. The second-order valence-corrected chi connectivity index (χ2v) is 11.0. The number of carbonyl (C=O) groups excluding carboxylic acids is 5. The predicted octanol–water partition coefficient (Wildman–Crippen LogP) is 3.58. The van der Waals surface area contributed by atoms with Gasteiger partial charge < -0.3 is 15.0 Å². The van der Waals surface area contributed by atoms with E-state index < -0.39 is 48.3 Å². The first-order chi connectivity index (χ1) is 19.4. The molecule has 9 heteroatoms. The Labute approximate surface area is 241 Å². The van der Waals surface area contributed by atoms with E-state index >= 15 is 0 Å². The second kappa shape index (κ2) is 13.9. The van der Waals surface area contributed by atoms with E-state index in [2.05, 4.69) is 5.32 Å². The summed E-state index contributed by atoms with van der Waals surface area (Å²) in [6.07, 6.45) is 1.19. The van der Waals surface area contributed by atoms with Crippen molar-refractivity contribution in [1.82, 2.24) is 15.1 Å². The average Bonchev–Trinajstić information content (AvgIpc) is 2.93. The fourth-order valence-corrected chi connectivity index (χ4v) is 4.64. The van der Waals surface area contributed by atoms with Crippen LogP contribution >= 0.6 is 0 Å². The molecular weight excluding hydrogens is 522 g/mol. The van der Waals surface area contributed by atoms with Crippen LogP contribution in [0, 0.1) is 11.8 Å². The van der Waals surface area contributed by atoms with Gasteiger partial charge in [-0.1, -0.05) is 88.4 Å². The molecule has 0 saturated carbocycles. The first kappa shape index (κ1) is 31.3. The van der Waals surface area contributed by atoms with Gasteiger partial charge in [0.05, 0.1) is 11.8 Å². The lowest BCUT2D eigenvalue weighted by atomic mass is 9.95. The van der Waals surface area contributed by atoms with Crippen LogP contribution in [0.1, 0.15) is 52.7 Å². The van der Waals surface area contributed by atoms with Gasteiger partial charge in [-0.3, -0.25) is 24.1 Å². The molecule has 0 saturated heterocycles. The fourth-order valence-electron chi connectivity index (χ4n) is 4.64. The molecule has 41 heavy (non-hydrogen) atoms. The highest BCUT2D eigenvalue weighted by atomic mass is 16.5. The molecule has 218 valence electrons. The number of benzene rings is 2. The van der Waals surface area contributed by atoms with Gasteiger partial charge in [-0.2, -0.15) is 0 Å². The Bertz CT molecular complexity index is 1290. The highest BCUT2D eigenvalue weighted by Crippen LogP contribution is 2.30. The number of amides is 3. The zero-order valence-corrected chi connectivity index (χ0v) is 24.5. The minimum absolute atomic E-state index is 0.0687. The number of ketones is 1. The third-order valence-corrected chi connectivity index (χ3v) is 6.60. The van der Waals surface area contributed by atoms with Crippen molar-refractivity contribution < 1.29 is 28.7 Å². The summed E-state index contributed by atoms with van der Waals surface area (Å²) in [6, 6.07) is 16.0. The topological polar surface area (TPSA) is 113 Å². The molecule has 0 bridgehead atoms. The van der Waals surface area contributed by atoms with Crippen LogP contribution in [-0.2, 0) is 35.1 Å². The summed E-state index contributed by atoms with van der Waals surface area (Å²) in [5, 5.41) is 2.66. The number of Topliss-reactive ketones (excluding diaryl/α,β-unsaturated/α-hetero) is 1. The van der Waals surface area contributed by atoms with Crippen LogP contribution in [0.2, 0.25) is 0 Å². The van der Waals surface area contributed by atoms with E-state index in [-0.39, 0.29) is 24.2 Å². The lowest BCUT2D eigenvalue weighted by Crippen LogP contribution is -2.57. The van der Waals surface area contributed by atoms with E-state index in [0.717, 1.165) is 5.56 Å². The lowest BCUT2D eigenvalue weighted by Gasteiger charge is -2.41. The van der Waals surface area contributed by atoms with Gasteiger partial charge in [0.15, 0.2) is 0 Å². The largest absolute Gasteiger partial charge is 0.457 e. The molecule has 2 aromatic rings. The highest BCUT2D eigenvalue weighted by molar-refractivity contribution is 6.36. The number of esters is 1. The molecule has 0 aliphatic carbocycles. The minimum Gasteiger partial charge on any atom is -0.457 e. The molecule has 0 radical (unpaired) electrons. The van der Waals surface area contributed by atoms with Gasteiger partial charge in [0.1, 0.15) is 18.6 Å². The molecular formula is C32H39N3O6. The lowest BCUT2D eigenvalue weighted by molar-refractivity contribution is -0.157. The Morgan fingerprint density at radius 1 is 0.878 bits per heavy atom. The summed E-state index contributed by atoms with van der Waals surface area (Å²) in [7, 11) is 0. The smallest absolute Gasteiger partial charge is 0.377 e. The van der Waals surface area contributed by atoms with Crippen molar-refractivity contribution in [3.8, 4) is 0 Å². The maximum Gasteiger partial charge on any atom is 0.377 e. The highest BCUT2D eigenvalue weighted by Gasteiger charge is 2.42. The van der Waals surface area contributed by atoms with Gasteiger partial charge in [-0.15, -0.1) is 0 Å². The number of carbonyl (C=O) groups is 5. The monoisotopic (exact) mass is 561 g/mol. The Morgan fingerprint density at radius 2 is 1.46 bits per heavy atom. The SMILES string of the molecule is CC(C)OC(=O)C(=O)[C@H](Cc1ccccc1)NC(=O)CN1C(=O)C(C(C)C)N(C(=O)C(C)C)C=C1c1ccccc1. The molecule has 0 fully saturated rings. The first-order valence-electron chi connectivity index (χ1n) is 13.9. The molecule has 3 rings (SSSR count). The summed E-state index contributed by atoms with van der Waals surface area (Å²) in [5.41, 5.74) is 1.78. The molecule has 0 aromatic heterocycles. The van der Waals surface area contributed by atoms with Crippen molar-refractivity contribution in [1.29, 1.82) is 0 Å². The van der Waals surface area contributed by atoms with Crippen molar-refractivity contribution in [2.45, 2.75) is 66.2 Å². The number of rotatable bonds is 11. The van der Waals surface area contributed by atoms with Crippen molar-refractivity contribution in [2.24, 2.45) is 11.8 Å². The van der Waals surface area contributed by atoms with Crippen molar-refractivity contribution >= 4 is 35.2 Å². The molecule has 1 N–H and O–H groups in total. The van der Waals surface area contributed by atoms with Crippen LogP contribution in [-0.4, -0.2) is 64.0 Å². The van der Waals surface area contributed by atoms with Gasteiger partial charge in [0.2, 0.25) is 11.8 Å². The molecule has 1 heterocycles. The molecule has 0 spiro atoms. The Hall–Kier alpha value is -4.27. The molecule has 1 unspecified atom stereocenters. The number of ether oxygens (including phenoxy) is 1. The second-order valence-electron chi connectivity index (χ2n) is 11.0. The van der Waals surface area contributed by atoms with Gasteiger partial charge in [0, 0.05) is 18.5 Å². The van der Waals surface area contributed by atoms with E-state index in [4.69, 9.17) is 4.74 Å². The summed E-state index contributed by atoms with van der Waals surface area (Å²) in [5.74, 6) is -3.73. The Balaban J connectivity index is 1.96. The number of nitrogens with zero attached hydrogens (tertiary/aromatic N) is 2. The van der Waals surface area contributed by atoms with Crippen molar-refractivity contribution in [2.75, 3.05) is 6.54 Å². The van der Waals surface area contributed by atoms with E-state index in [1.54, 1.807) is 82.4 Å². The quantitative estimate of drug-likeness (QED) is 0.332. The van der Waals surface area contributed by atoms with Crippen LogP contribution < -0.4 is 5.32 Å². The third-order valence-electron chi connectivity index (χ3n) is 6.60. The average molecular weight is 562 g/mol. The maximum atomic E-state index is 13.9. The Morgan fingerprint density at radius 3 is 2.00 bits per heavy atom. The van der Waals surface area contributed by atoms with Crippen LogP contribution in [0.15, 0.2) is 66.9 Å². The predicted molar refractivity (Wildman–Crippen MR) is 155 cm³/mol. The van der Waals surface area contributed by atoms with E-state index in [9.17, 15) is 24.0 Å². The van der Waals surface area contributed by atoms with Crippen molar-refractivity contribution in [3.05, 3.63) is 78.0 Å². The van der Waals surface area contributed by atoms with Gasteiger partial charge in [0.25, 0.3) is 11.7 Å². The van der Waals surface area contributed by atoms with Crippen LogP contribution in [0.5, 0.6) is 0 Å². The number of hydrogen-bond donors (Lipinski definition) is 1. The summed E-state index contributed by atoms with van der Waals surface area (Å²) in [6.45, 7) is 10.1. The summed E-state index contributed by atoms with van der Waals surface area (Å²) < 4.78 is 5.10. The zero-order chi connectivity index (χ0) is 30.3. The molecule has 1 aliphatic rings. The molecule has 3 amide bonds. The van der Waals surface area contributed by atoms with Crippen LogP contribution in [0.25, 0.3) is 5.70 Å². The number of hydrogen-bond acceptors (Lipinski definition) is 6. The van der Waals surface area contributed by atoms with Gasteiger partial charge in [-0.25, -0.2) is 4.79 Å². The normalized spacial score (nSPS) is 16.1. The minimum atomic E-state index is -1.19. The van der Waals surface area contributed by atoms with Crippen molar-refractivity contribution in [3.63, 3.8) is 0 Å². The Kier molecular flexibility index (Phi) is 10.6. The molecule has 2 aromatic carbocycles. The van der Waals surface area contributed by atoms with E-state index in [1.165, 1.54) is 9.80 Å². The van der Waals surface area contributed by atoms with Gasteiger partial charge in [-0.05, 0) is 30.9 Å². The zero-order valence-electron chi connectivity index (χ0n) is 24.5. The standard InChI is InChI=1S/C32H39N3O6/c1-20(2)28-31(39)34(26(24-15-11-8-12-16-24)18-35(28)30(38)21(3)4)19-27(36)33-25(17-23-13-9-7-10-14-23)29(37)32(40)41-22(5)6/h7-16,18,20-22,25,28H,17,19H2,1-6H3,(H,33,36)/t25-,28?/m0/s1. The van der Waals surface area contributed by atoms with E-state index in [0.29, 0.717) is 11.3 Å². The molecule has 9 nitrogen and oxygen atoms in total. The van der Waals surface area contributed by atoms with Crippen LogP contribution in [0.3, 0.4) is 0 Å². The number of nitrogens with one attached hydrogen (secondary N) is 1. The molecule has 1 aliphatic heterocycles. The first-order valence-corrected chi connectivity index (χ1v) is 13.9. The summed E-state index contributed by atoms with van der Waals surface area (Å²) in [4.78, 5) is 68.9. The van der Waals surface area contributed by atoms with E-state index in [1.807, 2.05) is 26.0 Å². The maximum absolute atomic E-state index is 13.9. The van der Waals surface area contributed by atoms with Gasteiger partial charge >= 0.3 is 5.97 Å². The summed E-state index contributed by atoms with van der Waals surface area (Å²) >= 11 is 0. The van der Waals surface area contributed by atoms with Crippen LogP contribution in [0.4, 0.5) is 0 Å². The third kappa shape index (κ3) is 7.90.